The van der Waals surface area contributed by atoms with Crippen molar-refractivity contribution in [1.82, 2.24) is 15.3 Å². The molecule has 0 spiro atoms. The van der Waals surface area contributed by atoms with E-state index in [2.05, 4.69) is 26.9 Å². The molecule has 24 heavy (non-hydrogen) atoms. The van der Waals surface area contributed by atoms with E-state index in [9.17, 15) is 0 Å². The number of nitrogens with one attached hydrogen (secondary N) is 3. The van der Waals surface area contributed by atoms with Gasteiger partial charge in [0.05, 0.1) is 11.0 Å². The van der Waals surface area contributed by atoms with E-state index in [1.165, 1.54) is 0 Å². The number of para-hydroxylation sites is 2. The first-order valence-electron chi connectivity index (χ1n) is 7.85. The van der Waals surface area contributed by atoms with E-state index in [0.29, 0.717) is 5.11 Å². The van der Waals surface area contributed by atoms with Crippen LogP contribution in [0.5, 0.6) is 0 Å². The van der Waals surface area contributed by atoms with Gasteiger partial charge in [-0.2, -0.15) is 11.8 Å². The van der Waals surface area contributed by atoms with E-state index in [0.717, 1.165) is 46.8 Å². The van der Waals surface area contributed by atoms with Crippen LogP contribution >= 0.6 is 24.0 Å². The summed E-state index contributed by atoms with van der Waals surface area (Å²) in [7, 11) is 0. The number of fused-ring (bicyclic) bond motifs is 1. The Hall–Kier alpha value is -2.05. The lowest BCUT2D eigenvalue weighted by Gasteiger charge is -2.10. The van der Waals surface area contributed by atoms with Crippen molar-refractivity contribution in [1.29, 1.82) is 0 Å². The van der Waals surface area contributed by atoms with Gasteiger partial charge in [-0.05, 0) is 67.0 Å². The summed E-state index contributed by atoms with van der Waals surface area (Å²) in [6.45, 7) is 0.893. The highest BCUT2D eigenvalue weighted by Crippen LogP contribution is 2.21. The minimum absolute atomic E-state index is 0.660. The normalized spacial score (nSPS) is 10.7. The van der Waals surface area contributed by atoms with Crippen molar-refractivity contribution < 1.29 is 0 Å². The van der Waals surface area contributed by atoms with Gasteiger partial charge in [0, 0.05) is 17.8 Å². The number of benzene rings is 2. The molecule has 0 bridgehead atoms. The number of thioether (sulfide) groups is 1. The van der Waals surface area contributed by atoms with Crippen LogP contribution in [0.4, 0.5) is 5.69 Å². The minimum Gasteiger partial charge on any atom is -0.362 e. The molecule has 0 saturated carbocycles. The van der Waals surface area contributed by atoms with Gasteiger partial charge in [0.2, 0.25) is 0 Å². The van der Waals surface area contributed by atoms with Crippen molar-refractivity contribution in [3.63, 3.8) is 0 Å². The summed E-state index contributed by atoms with van der Waals surface area (Å²) in [5.74, 6) is 2.02. The van der Waals surface area contributed by atoms with E-state index in [4.69, 9.17) is 12.2 Å². The molecule has 0 radical (unpaired) electrons. The van der Waals surface area contributed by atoms with Crippen LogP contribution in [0.2, 0.25) is 0 Å². The molecule has 3 aromatic rings. The molecular weight excluding hydrogens is 336 g/mol. The lowest BCUT2D eigenvalue weighted by molar-refractivity contribution is 0.855. The lowest BCUT2D eigenvalue weighted by atomic mass is 10.2. The Balaban J connectivity index is 1.61. The Bertz CT molecular complexity index is 778. The van der Waals surface area contributed by atoms with E-state index >= 15 is 0 Å². The number of hydrogen-bond acceptors (Lipinski definition) is 3. The van der Waals surface area contributed by atoms with Crippen LogP contribution in [0, 0.1) is 0 Å². The second-order valence-corrected chi connectivity index (χ2v) is 6.80. The van der Waals surface area contributed by atoms with Crippen LogP contribution in [0.25, 0.3) is 22.4 Å². The highest BCUT2D eigenvalue weighted by molar-refractivity contribution is 7.98. The second kappa shape index (κ2) is 8.17. The van der Waals surface area contributed by atoms with Crippen molar-refractivity contribution in [2.45, 2.75) is 6.42 Å². The van der Waals surface area contributed by atoms with E-state index < -0.39 is 0 Å². The highest BCUT2D eigenvalue weighted by Gasteiger charge is 2.05. The minimum atomic E-state index is 0.660. The summed E-state index contributed by atoms with van der Waals surface area (Å²) in [5, 5.41) is 7.09. The van der Waals surface area contributed by atoms with Crippen LogP contribution in [0.3, 0.4) is 0 Å². The molecule has 0 atom stereocenters. The number of anilines is 1. The van der Waals surface area contributed by atoms with Crippen molar-refractivity contribution >= 4 is 45.8 Å². The Morgan fingerprint density at radius 1 is 1.17 bits per heavy atom. The largest absolute Gasteiger partial charge is 0.362 e. The van der Waals surface area contributed by atoms with Crippen LogP contribution in [0.15, 0.2) is 48.5 Å². The zero-order valence-electron chi connectivity index (χ0n) is 13.5. The van der Waals surface area contributed by atoms with Gasteiger partial charge in [-0.3, -0.25) is 0 Å². The third kappa shape index (κ3) is 4.27. The van der Waals surface area contributed by atoms with Gasteiger partial charge >= 0.3 is 0 Å². The molecule has 6 heteroatoms. The Kier molecular flexibility index (Phi) is 5.72. The standard InChI is InChI=1S/C18H20N4S2/c1-24-12-4-11-19-18(23)20-14-9-7-13(8-10-14)17-21-15-5-2-3-6-16(15)22-17/h2-3,5-10H,4,11-12H2,1H3,(H,21,22)(H2,19,20,23). The van der Waals surface area contributed by atoms with Crippen molar-refractivity contribution in [2.24, 2.45) is 0 Å². The number of aromatic nitrogens is 2. The topological polar surface area (TPSA) is 52.7 Å². The second-order valence-electron chi connectivity index (χ2n) is 5.41. The summed E-state index contributed by atoms with van der Waals surface area (Å²) in [5.41, 5.74) is 4.04. The fourth-order valence-electron chi connectivity index (χ4n) is 2.39. The van der Waals surface area contributed by atoms with Crippen LogP contribution in [0.1, 0.15) is 6.42 Å². The monoisotopic (exact) mass is 356 g/mol. The van der Waals surface area contributed by atoms with Crippen molar-refractivity contribution in [3.8, 4) is 11.4 Å². The predicted octanol–water partition coefficient (Wildman–Crippen LogP) is 4.27. The SMILES string of the molecule is CSCCCNC(=S)Nc1ccc(-c2nc3ccccc3[nH]2)cc1. The summed E-state index contributed by atoms with van der Waals surface area (Å²) in [6.07, 6.45) is 3.22. The fourth-order valence-corrected chi connectivity index (χ4v) is 3.05. The zero-order valence-corrected chi connectivity index (χ0v) is 15.1. The van der Waals surface area contributed by atoms with Crippen LogP contribution in [-0.4, -0.2) is 33.6 Å². The molecule has 1 heterocycles. The number of imidazole rings is 1. The van der Waals surface area contributed by atoms with Crippen molar-refractivity contribution in [2.75, 3.05) is 23.9 Å². The maximum absolute atomic E-state index is 5.31. The summed E-state index contributed by atoms with van der Waals surface area (Å²) < 4.78 is 0. The molecule has 2 aromatic carbocycles. The molecular formula is C18H20N4S2. The molecule has 4 nitrogen and oxygen atoms in total. The van der Waals surface area contributed by atoms with E-state index in [1.54, 1.807) is 0 Å². The molecule has 0 aliphatic rings. The smallest absolute Gasteiger partial charge is 0.170 e. The molecule has 0 unspecified atom stereocenters. The van der Waals surface area contributed by atoms with Crippen LogP contribution in [-0.2, 0) is 0 Å². The Labute approximate surface area is 151 Å². The number of rotatable bonds is 6. The first-order valence-corrected chi connectivity index (χ1v) is 9.65. The predicted molar refractivity (Wildman–Crippen MR) is 109 cm³/mol. The Morgan fingerprint density at radius 3 is 2.71 bits per heavy atom. The maximum Gasteiger partial charge on any atom is 0.170 e. The summed E-state index contributed by atoms with van der Waals surface area (Å²) >= 11 is 7.15. The highest BCUT2D eigenvalue weighted by atomic mass is 32.2. The molecule has 0 amide bonds. The molecule has 0 fully saturated rings. The molecule has 3 rings (SSSR count). The quantitative estimate of drug-likeness (QED) is 0.455. The fraction of sp³-hybridized carbons (Fsp3) is 0.222. The van der Waals surface area contributed by atoms with E-state index in [1.807, 2.05) is 60.3 Å². The third-order valence-corrected chi connectivity index (χ3v) is 4.56. The zero-order chi connectivity index (χ0) is 16.8. The third-order valence-electron chi connectivity index (χ3n) is 3.62. The Morgan fingerprint density at radius 2 is 1.96 bits per heavy atom. The summed E-state index contributed by atoms with van der Waals surface area (Å²) in [6, 6.07) is 16.1. The van der Waals surface area contributed by atoms with Gasteiger partial charge in [-0.25, -0.2) is 4.98 Å². The number of aromatic amines is 1. The maximum atomic E-state index is 5.31. The number of H-pyrrole nitrogens is 1. The average Bonchev–Trinajstić information content (AvgIpc) is 3.03. The average molecular weight is 357 g/mol. The number of thiocarbonyl (C=S) groups is 1. The van der Waals surface area contributed by atoms with Crippen molar-refractivity contribution in [3.05, 3.63) is 48.5 Å². The number of nitrogens with zero attached hydrogens (tertiary/aromatic N) is 1. The van der Waals surface area contributed by atoms with Gasteiger partial charge in [-0.15, -0.1) is 0 Å². The van der Waals surface area contributed by atoms with Crippen LogP contribution < -0.4 is 10.6 Å². The molecule has 0 aliphatic carbocycles. The van der Waals surface area contributed by atoms with Gasteiger partial charge in [0.1, 0.15) is 5.82 Å². The number of hydrogen-bond donors (Lipinski definition) is 3. The molecule has 0 saturated heterocycles. The molecule has 1 aromatic heterocycles. The van der Waals surface area contributed by atoms with Gasteiger partial charge < -0.3 is 15.6 Å². The molecule has 3 N–H and O–H groups in total. The lowest BCUT2D eigenvalue weighted by Crippen LogP contribution is -2.29. The molecule has 0 aliphatic heterocycles. The van der Waals surface area contributed by atoms with E-state index in [-0.39, 0.29) is 0 Å². The van der Waals surface area contributed by atoms with Gasteiger partial charge in [-0.1, -0.05) is 12.1 Å². The van der Waals surface area contributed by atoms with Gasteiger partial charge in [0.15, 0.2) is 5.11 Å². The van der Waals surface area contributed by atoms with Gasteiger partial charge in [0.25, 0.3) is 0 Å². The molecule has 124 valence electrons. The first kappa shape index (κ1) is 16.8. The summed E-state index contributed by atoms with van der Waals surface area (Å²) in [4.78, 5) is 7.96. The first-order chi connectivity index (χ1) is 11.8.